The van der Waals surface area contributed by atoms with Crippen molar-refractivity contribution in [1.29, 1.82) is 0 Å². The zero-order chi connectivity index (χ0) is 19.6. The molecule has 1 aromatic rings. The van der Waals surface area contributed by atoms with Gasteiger partial charge in [-0.3, -0.25) is 4.99 Å². The summed E-state index contributed by atoms with van der Waals surface area (Å²) >= 11 is 0. The van der Waals surface area contributed by atoms with Gasteiger partial charge in [0.25, 0.3) is 0 Å². The Morgan fingerprint density at radius 3 is 2.59 bits per heavy atom. The maximum absolute atomic E-state index is 4.64. The van der Waals surface area contributed by atoms with Crippen LogP contribution in [0.1, 0.15) is 76.8 Å². The Morgan fingerprint density at radius 1 is 1.22 bits per heavy atom. The lowest BCUT2D eigenvalue weighted by atomic mass is 9.89. The van der Waals surface area contributed by atoms with Gasteiger partial charge in [-0.2, -0.15) is 0 Å². The van der Waals surface area contributed by atoms with E-state index in [2.05, 4.69) is 75.7 Å². The van der Waals surface area contributed by atoms with Crippen LogP contribution in [-0.2, 0) is 6.42 Å². The SMILES string of the molecule is C=C/C(=C\C)C1=CN=C(/C(C)=C/Cc2cccc(C(CCC)CCC)c2)C1. The molecule has 27 heavy (non-hydrogen) atoms. The third kappa shape index (κ3) is 5.92. The smallest absolute Gasteiger partial charge is 0.0474 e. The van der Waals surface area contributed by atoms with E-state index in [4.69, 9.17) is 0 Å². The van der Waals surface area contributed by atoms with Crippen molar-refractivity contribution in [2.45, 2.75) is 72.1 Å². The van der Waals surface area contributed by atoms with Gasteiger partial charge in [0, 0.05) is 18.3 Å². The molecule has 1 aliphatic rings. The average Bonchev–Trinajstić information content (AvgIpc) is 3.17. The standard InChI is InChI=1S/C26H35N/c1-6-11-23(12-7-2)24-14-10-13-21(17-24)16-15-20(5)26-18-25(19-27-26)22(8-3)9-4/h8-10,13-15,17,19,23H,3,6-7,11-12,16,18H2,1-2,4-5H3/b20-15+,22-9+. The second-order valence-electron chi connectivity index (χ2n) is 7.47. The van der Waals surface area contributed by atoms with Crippen LogP contribution in [0, 0.1) is 0 Å². The molecule has 0 aliphatic carbocycles. The molecule has 1 heterocycles. The van der Waals surface area contributed by atoms with E-state index in [1.54, 1.807) is 0 Å². The predicted octanol–water partition coefficient (Wildman–Crippen LogP) is 7.72. The van der Waals surface area contributed by atoms with Crippen LogP contribution in [-0.4, -0.2) is 5.71 Å². The van der Waals surface area contributed by atoms with Crippen molar-refractivity contribution < 1.29 is 0 Å². The molecule has 1 aromatic carbocycles. The summed E-state index contributed by atoms with van der Waals surface area (Å²) in [6, 6.07) is 9.19. The number of hydrogen-bond acceptors (Lipinski definition) is 1. The van der Waals surface area contributed by atoms with E-state index in [1.807, 2.05) is 12.3 Å². The maximum Gasteiger partial charge on any atom is 0.0474 e. The van der Waals surface area contributed by atoms with Crippen LogP contribution in [0.4, 0.5) is 0 Å². The van der Waals surface area contributed by atoms with E-state index in [1.165, 1.54) is 59.2 Å². The fourth-order valence-electron chi connectivity index (χ4n) is 3.82. The number of hydrogen-bond donors (Lipinski definition) is 0. The Balaban J connectivity index is 2.04. The first-order valence-corrected chi connectivity index (χ1v) is 10.4. The molecule has 144 valence electrons. The normalized spacial score (nSPS) is 15.1. The number of allylic oxidation sites excluding steroid dienone is 6. The number of nitrogens with zero attached hydrogens (tertiary/aromatic N) is 1. The topological polar surface area (TPSA) is 12.4 Å². The van der Waals surface area contributed by atoms with E-state index >= 15 is 0 Å². The molecular formula is C26H35N. The summed E-state index contributed by atoms with van der Waals surface area (Å²) in [5.41, 5.74) is 7.82. The van der Waals surface area contributed by atoms with E-state index in [9.17, 15) is 0 Å². The third-order valence-corrected chi connectivity index (χ3v) is 5.43. The molecule has 0 fully saturated rings. The molecule has 0 aromatic heterocycles. The van der Waals surface area contributed by atoms with Crippen LogP contribution in [0.3, 0.4) is 0 Å². The van der Waals surface area contributed by atoms with Crippen molar-refractivity contribution in [3.8, 4) is 0 Å². The minimum absolute atomic E-state index is 0.703. The molecule has 0 bridgehead atoms. The zero-order valence-corrected chi connectivity index (χ0v) is 17.6. The monoisotopic (exact) mass is 361 g/mol. The summed E-state index contributed by atoms with van der Waals surface area (Å²) in [5, 5.41) is 0. The van der Waals surface area contributed by atoms with E-state index in [0.29, 0.717) is 5.92 Å². The summed E-state index contributed by atoms with van der Waals surface area (Å²) in [7, 11) is 0. The molecule has 1 nitrogen and oxygen atoms in total. The summed E-state index contributed by atoms with van der Waals surface area (Å²) in [5.74, 6) is 0.703. The Bertz CT molecular complexity index is 752. The molecule has 0 unspecified atom stereocenters. The highest BCUT2D eigenvalue weighted by Crippen LogP contribution is 2.28. The molecule has 0 amide bonds. The minimum Gasteiger partial charge on any atom is -0.260 e. The predicted molar refractivity (Wildman–Crippen MR) is 121 cm³/mol. The first kappa shape index (κ1) is 21.2. The molecule has 0 radical (unpaired) electrons. The Morgan fingerprint density at radius 2 is 1.96 bits per heavy atom. The van der Waals surface area contributed by atoms with E-state index in [-0.39, 0.29) is 0 Å². The van der Waals surface area contributed by atoms with Crippen LogP contribution >= 0.6 is 0 Å². The fraction of sp³-hybridized carbons (Fsp3) is 0.423. The van der Waals surface area contributed by atoms with Crippen molar-refractivity contribution in [3.05, 3.63) is 83.1 Å². The molecular weight excluding hydrogens is 326 g/mol. The van der Waals surface area contributed by atoms with Crippen LogP contribution < -0.4 is 0 Å². The summed E-state index contributed by atoms with van der Waals surface area (Å²) < 4.78 is 0. The zero-order valence-electron chi connectivity index (χ0n) is 17.6. The minimum atomic E-state index is 0.703. The lowest BCUT2D eigenvalue weighted by molar-refractivity contribution is 0.560. The molecule has 1 aliphatic heterocycles. The van der Waals surface area contributed by atoms with Gasteiger partial charge in [0.05, 0.1) is 0 Å². The van der Waals surface area contributed by atoms with Crippen molar-refractivity contribution in [2.75, 3.05) is 0 Å². The molecule has 0 N–H and O–H groups in total. The highest BCUT2D eigenvalue weighted by Gasteiger charge is 2.14. The maximum atomic E-state index is 4.64. The largest absolute Gasteiger partial charge is 0.260 e. The second-order valence-corrected chi connectivity index (χ2v) is 7.47. The van der Waals surface area contributed by atoms with Gasteiger partial charge < -0.3 is 0 Å². The molecule has 0 saturated carbocycles. The van der Waals surface area contributed by atoms with Crippen molar-refractivity contribution in [1.82, 2.24) is 0 Å². The molecule has 1 heteroatoms. The van der Waals surface area contributed by atoms with E-state index in [0.717, 1.165) is 12.8 Å². The highest BCUT2D eigenvalue weighted by molar-refractivity contribution is 6.03. The second kappa shape index (κ2) is 10.9. The Kier molecular flexibility index (Phi) is 8.51. The fourth-order valence-corrected chi connectivity index (χ4v) is 3.82. The first-order chi connectivity index (χ1) is 13.1. The van der Waals surface area contributed by atoms with Gasteiger partial charge in [-0.05, 0) is 66.9 Å². The third-order valence-electron chi connectivity index (χ3n) is 5.43. The highest BCUT2D eigenvalue weighted by atomic mass is 14.7. The van der Waals surface area contributed by atoms with Gasteiger partial charge in [-0.25, -0.2) is 0 Å². The van der Waals surface area contributed by atoms with E-state index < -0.39 is 0 Å². The van der Waals surface area contributed by atoms with Crippen LogP contribution in [0.5, 0.6) is 0 Å². The lowest BCUT2D eigenvalue weighted by Crippen LogP contribution is -2.01. The quantitative estimate of drug-likeness (QED) is 0.378. The number of aliphatic imine (C=N–C) groups is 1. The van der Waals surface area contributed by atoms with Gasteiger partial charge in [-0.1, -0.05) is 75.8 Å². The van der Waals surface area contributed by atoms with Crippen LogP contribution in [0.15, 0.2) is 77.0 Å². The Labute approximate surface area is 166 Å². The van der Waals surface area contributed by atoms with Gasteiger partial charge in [0.1, 0.15) is 0 Å². The van der Waals surface area contributed by atoms with Crippen molar-refractivity contribution in [2.24, 2.45) is 4.99 Å². The number of benzene rings is 1. The summed E-state index contributed by atoms with van der Waals surface area (Å²) in [4.78, 5) is 4.64. The van der Waals surface area contributed by atoms with Crippen molar-refractivity contribution >= 4 is 5.71 Å². The van der Waals surface area contributed by atoms with Gasteiger partial charge in [0.2, 0.25) is 0 Å². The lowest BCUT2D eigenvalue weighted by Gasteiger charge is -2.16. The molecule has 0 saturated heterocycles. The molecule has 0 spiro atoms. The van der Waals surface area contributed by atoms with Gasteiger partial charge in [-0.15, -0.1) is 0 Å². The summed E-state index contributed by atoms with van der Waals surface area (Å²) in [6.07, 6.45) is 15.3. The summed E-state index contributed by atoms with van der Waals surface area (Å²) in [6.45, 7) is 12.7. The average molecular weight is 362 g/mol. The van der Waals surface area contributed by atoms with Gasteiger partial charge >= 0.3 is 0 Å². The van der Waals surface area contributed by atoms with Crippen molar-refractivity contribution in [3.63, 3.8) is 0 Å². The molecule has 0 atom stereocenters. The first-order valence-electron chi connectivity index (χ1n) is 10.4. The van der Waals surface area contributed by atoms with Crippen LogP contribution in [0.2, 0.25) is 0 Å². The van der Waals surface area contributed by atoms with Gasteiger partial charge in [0.15, 0.2) is 0 Å². The Hall–Kier alpha value is -2.15. The van der Waals surface area contributed by atoms with Crippen LogP contribution in [0.25, 0.3) is 0 Å². The molecule has 2 rings (SSSR count). The number of rotatable bonds is 10.